The monoisotopic (exact) mass is 333 g/mol. The molecule has 2 N–H and O–H groups in total. The van der Waals surface area contributed by atoms with Crippen molar-refractivity contribution in [1.29, 1.82) is 0 Å². The second-order valence-corrected chi connectivity index (χ2v) is 6.66. The molecule has 1 atom stereocenters. The van der Waals surface area contributed by atoms with Gasteiger partial charge in [-0.1, -0.05) is 36.4 Å². The third-order valence-corrected chi connectivity index (χ3v) is 4.98. The fourth-order valence-corrected chi connectivity index (χ4v) is 3.55. The molecule has 1 fully saturated rings. The van der Waals surface area contributed by atoms with Crippen LogP contribution in [0.15, 0.2) is 60.8 Å². The van der Waals surface area contributed by atoms with E-state index >= 15 is 0 Å². The third-order valence-electron chi connectivity index (χ3n) is 4.98. The number of aryl methyl sites for hydroxylation is 1. The first kappa shape index (κ1) is 15.9. The van der Waals surface area contributed by atoms with Crippen LogP contribution in [-0.2, 0) is 11.2 Å². The molecule has 25 heavy (non-hydrogen) atoms. The van der Waals surface area contributed by atoms with E-state index < -0.39 is 0 Å². The van der Waals surface area contributed by atoms with Crippen LogP contribution in [-0.4, -0.2) is 35.4 Å². The number of carbonyl (C=O) groups excluding carboxylic acids is 1. The van der Waals surface area contributed by atoms with E-state index in [0.29, 0.717) is 6.42 Å². The quantitative estimate of drug-likeness (QED) is 0.770. The maximum atomic E-state index is 12.7. The van der Waals surface area contributed by atoms with Gasteiger partial charge in [0.05, 0.1) is 0 Å². The number of benzene rings is 2. The molecule has 2 aromatic carbocycles. The van der Waals surface area contributed by atoms with Crippen LogP contribution in [0, 0.1) is 0 Å². The zero-order valence-electron chi connectivity index (χ0n) is 14.2. The summed E-state index contributed by atoms with van der Waals surface area (Å²) in [5.41, 5.74) is 3.61. The number of hydrogen-bond donors (Lipinski definition) is 2. The van der Waals surface area contributed by atoms with Crippen LogP contribution in [0.2, 0.25) is 0 Å². The molecule has 0 radical (unpaired) electrons. The van der Waals surface area contributed by atoms with E-state index in [1.54, 1.807) is 0 Å². The van der Waals surface area contributed by atoms with Crippen molar-refractivity contribution in [2.24, 2.45) is 0 Å². The number of amides is 1. The van der Waals surface area contributed by atoms with Crippen molar-refractivity contribution in [2.45, 2.75) is 18.9 Å². The summed E-state index contributed by atoms with van der Waals surface area (Å²) in [6.45, 7) is 2.39. The zero-order valence-corrected chi connectivity index (χ0v) is 14.2. The molecule has 1 aliphatic heterocycles. The van der Waals surface area contributed by atoms with Gasteiger partial charge >= 0.3 is 0 Å². The van der Waals surface area contributed by atoms with Gasteiger partial charge in [0.15, 0.2) is 0 Å². The molecule has 0 spiro atoms. The lowest BCUT2D eigenvalue weighted by Crippen LogP contribution is -2.48. The predicted molar refractivity (Wildman–Crippen MR) is 100 cm³/mol. The van der Waals surface area contributed by atoms with Gasteiger partial charge in [0.1, 0.15) is 0 Å². The minimum atomic E-state index is 0.232. The van der Waals surface area contributed by atoms with Gasteiger partial charge in [0, 0.05) is 43.8 Å². The molecule has 4 heteroatoms. The van der Waals surface area contributed by atoms with E-state index in [4.69, 9.17) is 0 Å². The fourth-order valence-electron chi connectivity index (χ4n) is 3.55. The molecule has 2 heterocycles. The summed E-state index contributed by atoms with van der Waals surface area (Å²) in [6, 6.07) is 19.0. The van der Waals surface area contributed by atoms with Crippen LogP contribution in [0.3, 0.4) is 0 Å². The lowest BCUT2D eigenvalue weighted by Gasteiger charge is -2.34. The fraction of sp³-hybridized carbons (Fsp3) is 0.286. The summed E-state index contributed by atoms with van der Waals surface area (Å²) in [5, 5.41) is 4.72. The van der Waals surface area contributed by atoms with Gasteiger partial charge < -0.3 is 15.2 Å². The number of carbonyl (C=O) groups is 1. The first-order chi connectivity index (χ1) is 12.3. The van der Waals surface area contributed by atoms with Crippen molar-refractivity contribution in [1.82, 2.24) is 15.2 Å². The number of piperazine rings is 1. The molecular formula is C21H23N3O. The Bertz CT molecular complexity index is 856. The van der Waals surface area contributed by atoms with Crippen molar-refractivity contribution in [2.75, 3.05) is 19.6 Å². The number of aromatic amines is 1. The Hall–Kier alpha value is -2.59. The topological polar surface area (TPSA) is 48.1 Å². The largest absolute Gasteiger partial charge is 0.361 e. The van der Waals surface area contributed by atoms with Gasteiger partial charge in [-0.2, -0.15) is 0 Å². The molecule has 128 valence electrons. The number of rotatable bonds is 4. The van der Waals surface area contributed by atoms with E-state index in [-0.39, 0.29) is 11.9 Å². The maximum Gasteiger partial charge on any atom is 0.223 e. The number of aromatic nitrogens is 1. The van der Waals surface area contributed by atoms with Gasteiger partial charge in [-0.05, 0) is 41.1 Å². The molecule has 1 aliphatic rings. The van der Waals surface area contributed by atoms with E-state index in [0.717, 1.165) is 31.6 Å². The van der Waals surface area contributed by atoms with Gasteiger partial charge in [-0.3, -0.25) is 4.79 Å². The number of fused-ring (bicyclic) bond motifs is 1. The normalized spacial score (nSPS) is 17.8. The summed E-state index contributed by atoms with van der Waals surface area (Å²) in [4.78, 5) is 17.9. The van der Waals surface area contributed by atoms with E-state index in [1.165, 1.54) is 16.5 Å². The van der Waals surface area contributed by atoms with E-state index in [1.807, 2.05) is 17.2 Å². The van der Waals surface area contributed by atoms with Crippen LogP contribution in [0.1, 0.15) is 23.6 Å². The lowest BCUT2D eigenvalue weighted by atomic mass is 10.0. The molecule has 1 saturated heterocycles. The molecular weight excluding hydrogens is 310 g/mol. The third kappa shape index (κ3) is 3.59. The number of nitrogens with one attached hydrogen (secondary N) is 2. The Morgan fingerprint density at radius 3 is 2.88 bits per heavy atom. The molecule has 3 aromatic rings. The minimum Gasteiger partial charge on any atom is -0.361 e. The molecule has 4 nitrogen and oxygen atoms in total. The van der Waals surface area contributed by atoms with Crippen LogP contribution < -0.4 is 5.32 Å². The average molecular weight is 333 g/mol. The van der Waals surface area contributed by atoms with Crippen molar-refractivity contribution in [3.05, 3.63) is 71.9 Å². The Kier molecular flexibility index (Phi) is 4.53. The van der Waals surface area contributed by atoms with Gasteiger partial charge in [0.2, 0.25) is 5.91 Å². The number of nitrogens with zero attached hydrogens (tertiary/aromatic N) is 1. The van der Waals surface area contributed by atoms with E-state index in [2.05, 4.69) is 58.8 Å². The Morgan fingerprint density at radius 2 is 2.00 bits per heavy atom. The second kappa shape index (κ2) is 7.11. The lowest BCUT2D eigenvalue weighted by molar-refractivity contribution is -0.132. The summed E-state index contributed by atoms with van der Waals surface area (Å²) in [6.07, 6.45) is 3.31. The van der Waals surface area contributed by atoms with Crippen molar-refractivity contribution in [3.8, 4) is 0 Å². The van der Waals surface area contributed by atoms with Gasteiger partial charge in [-0.15, -0.1) is 0 Å². The SMILES string of the molecule is O=C(CCc1ccc2[nH]ccc2c1)N1CCNC(c2ccccc2)C1. The highest BCUT2D eigenvalue weighted by atomic mass is 16.2. The molecule has 1 aromatic heterocycles. The summed E-state index contributed by atoms with van der Waals surface area (Å²) in [7, 11) is 0. The summed E-state index contributed by atoms with van der Waals surface area (Å²) < 4.78 is 0. The van der Waals surface area contributed by atoms with Crippen LogP contribution in [0.25, 0.3) is 10.9 Å². The highest BCUT2D eigenvalue weighted by Gasteiger charge is 2.23. The second-order valence-electron chi connectivity index (χ2n) is 6.66. The molecule has 4 rings (SSSR count). The molecule has 1 amide bonds. The maximum absolute atomic E-state index is 12.7. The molecule has 0 aliphatic carbocycles. The standard InChI is InChI=1S/C21H23N3O/c25-21(9-7-16-6-8-19-18(14-16)10-11-22-19)24-13-12-23-20(15-24)17-4-2-1-3-5-17/h1-6,8,10-11,14,20,22-23H,7,9,12-13,15H2. The highest BCUT2D eigenvalue weighted by molar-refractivity contribution is 5.80. The number of hydrogen-bond acceptors (Lipinski definition) is 2. The molecule has 0 bridgehead atoms. The van der Waals surface area contributed by atoms with Gasteiger partial charge in [-0.25, -0.2) is 0 Å². The van der Waals surface area contributed by atoms with Gasteiger partial charge in [0.25, 0.3) is 0 Å². The summed E-state index contributed by atoms with van der Waals surface area (Å²) in [5.74, 6) is 0.247. The number of H-pyrrole nitrogens is 1. The Morgan fingerprint density at radius 1 is 1.12 bits per heavy atom. The Balaban J connectivity index is 1.37. The highest BCUT2D eigenvalue weighted by Crippen LogP contribution is 2.19. The van der Waals surface area contributed by atoms with E-state index in [9.17, 15) is 4.79 Å². The van der Waals surface area contributed by atoms with Crippen LogP contribution >= 0.6 is 0 Å². The first-order valence-electron chi connectivity index (χ1n) is 8.92. The zero-order chi connectivity index (χ0) is 17.1. The average Bonchev–Trinajstić information content (AvgIpc) is 3.15. The van der Waals surface area contributed by atoms with Crippen LogP contribution in [0.5, 0.6) is 0 Å². The van der Waals surface area contributed by atoms with Crippen molar-refractivity contribution < 1.29 is 4.79 Å². The minimum absolute atomic E-state index is 0.232. The van der Waals surface area contributed by atoms with Crippen LogP contribution in [0.4, 0.5) is 0 Å². The van der Waals surface area contributed by atoms with Crippen molar-refractivity contribution >= 4 is 16.8 Å². The Labute approximate surface area is 147 Å². The van der Waals surface area contributed by atoms with Crippen molar-refractivity contribution in [3.63, 3.8) is 0 Å². The predicted octanol–water partition coefficient (Wildman–Crippen LogP) is 3.27. The summed E-state index contributed by atoms with van der Waals surface area (Å²) >= 11 is 0. The smallest absolute Gasteiger partial charge is 0.223 e. The first-order valence-corrected chi connectivity index (χ1v) is 8.92. The molecule has 1 unspecified atom stereocenters. The molecule has 0 saturated carbocycles.